The van der Waals surface area contributed by atoms with E-state index in [0.29, 0.717) is 0 Å². The molecule has 0 amide bonds. The van der Waals surface area contributed by atoms with Crippen molar-refractivity contribution < 1.29 is 39.6 Å². The van der Waals surface area contributed by atoms with Crippen molar-refractivity contribution in [1.82, 2.24) is 0 Å². The summed E-state index contributed by atoms with van der Waals surface area (Å²) in [4.78, 5) is 36.0. The van der Waals surface area contributed by atoms with Gasteiger partial charge in [-0.2, -0.15) is 0 Å². The van der Waals surface area contributed by atoms with Crippen LogP contribution in [0.1, 0.15) is 27.7 Å². The molecule has 18 heavy (non-hydrogen) atoms. The predicted octanol–water partition coefficient (Wildman–Crippen LogP) is 0.293. The van der Waals surface area contributed by atoms with Crippen LogP contribution in [-0.4, -0.2) is 73.9 Å². The number of carboxylic acids is 4. The zero-order valence-corrected chi connectivity index (χ0v) is 11.5. The minimum absolute atomic E-state index is 0. The van der Waals surface area contributed by atoms with E-state index in [9.17, 15) is 0 Å². The molecule has 0 fully saturated rings. The van der Waals surface area contributed by atoms with Crippen LogP contribution in [0.15, 0.2) is 0 Å². The van der Waals surface area contributed by atoms with Gasteiger partial charge >= 0.3 is 29.6 Å². The van der Waals surface area contributed by atoms with E-state index >= 15 is 0 Å². The van der Waals surface area contributed by atoms with Gasteiger partial charge in [0.1, 0.15) is 0 Å². The molecule has 0 spiro atoms. The Labute approximate surface area is 137 Å². The molecular weight excluding hydrogens is 327 g/mol. The second-order valence-corrected chi connectivity index (χ2v) is 2.08. The van der Waals surface area contributed by atoms with Crippen LogP contribution in [0.5, 0.6) is 0 Å². The number of halogens is 1. The summed E-state index contributed by atoms with van der Waals surface area (Å²) in [5, 5.41) is 29.7. The third-order valence-electron chi connectivity index (χ3n) is 0. The van der Waals surface area contributed by atoms with Crippen LogP contribution in [0.3, 0.4) is 0 Å². The van der Waals surface area contributed by atoms with Gasteiger partial charge in [-0.25, -0.2) is 0 Å². The van der Waals surface area contributed by atoms with Gasteiger partial charge in [-0.15, -0.1) is 17.0 Å². The third-order valence-corrected chi connectivity index (χ3v) is 0. The topological polar surface area (TPSA) is 149 Å². The van der Waals surface area contributed by atoms with Crippen molar-refractivity contribution in [3.63, 3.8) is 0 Å². The fourth-order valence-corrected chi connectivity index (χ4v) is 0. The Balaban J connectivity index is -0.0000000257. The molecule has 0 bridgehead atoms. The normalized spacial score (nSPS) is 5.56. The second kappa shape index (κ2) is 29.9. The minimum atomic E-state index is -0.833. The third kappa shape index (κ3) is 7730. The first-order chi connectivity index (χ1) is 6.93. The first-order valence-electron chi connectivity index (χ1n) is 3.71. The molecule has 4 N–H and O–H groups in total. The van der Waals surface area contributed by atoms with E-state index < -0.39 is 23.9 Å². The van der Waals surface area contributed by atoms with Crippen molar-refractivity contribution in [3.8, 4) is 0 Å². The second-order valence-electron chi connectivity index (χ2n) is 2.08. The van der Waals surface area contributed by atoms with Crippen molar-refractivity contribution in [1.29, 1.82) is 0 Å². The molecule has 0 aromatic heterocycles. The van der Waals surface area contributed by atoms with Gasteiger partial charge in [-0.3, -0.25) is 19.2 Å². The molecule has 0 aliphatic heterocycles. The van der Waals surface area contributed by atoms with Gasteiger partial charge in [0.15, 0.2) is 0 Å². The monoisotopic (exact) mass is 344 g/mol. The summed E-state index contributed by atoms with van der Waals surface area (Å²) >= 11 is 0. The van der Waals surface area contributed by atoms with E-state index in [1.54, 1.807) is 0 Å². The van der Waals surface area contributed by atoms with Crippen LogP contribution < -0.4 is 0 Å². The Hall–Kier alpha value is -0.640. The number of carboxylic acid groups (broad SMARTS) is 4. The molecule has 0 radical (unpaired) electrons. The zero-order chi connectivity index (χ0) is 14.3. The fourth-order valence-electron chi connectivity index (χ4n) is 0. The van der Waals surface area contributed by atoms with Gasteiger partial charge in [-0.05, 0) is 0 Å². The summed E-state index contributed by atoms with van der Waals surface area (Å²) < 4.78 is 0. The van der Waals surface area contributed by atoms with Crippen LogP contribution in [0.2, 0.25) is 0 Å². The molecule has 0 atom stereocenters. The van der Waals surface area contributed by atoms with Crippen LogP contribution in [0.25, 0.3) is 0 Å². The quantitative estimate of drug-likeness (QED) is 0.458. The molecule has 0 aromatic carbocycles. The standard InChI is InChI=1S/4C2H4O2.BrH.Na.H/c4*1-2(3)4;;;/h4*1H3,(H,3,4);1H;;. The van der Waals surface area contributed by atoms with E-state index in [-0.39, 0.29) is 46.5 Å². The van der Waals surface area contributed by atoms with Gasteiger partial charge < -0.3 is 20.4 Å². The van der Waals surface area contributed by atoms with Crippen LogP contribution in [-0.2, 0) is 19.2 Å². The average molecular weight is 345 g/mol. The Bertz CT molecular complexity index is 167. The van der Waals surface area contributed by atoms with Crippen molar-refractivity contribution in [2.75, 3.05) is 0 Å². The molecule has 0 heterocycles. The van der Waals surface area contributed by atoms with Crippen molar-refractivity contribution in [2.45, 2.75) is 27.7 Å². The Kier molecular flexibility index (Phi) is 59.8. The van der Waals surface area contributed by atoms with Crippen LogP contribution in [0, 0.1) is 0 Å². The summed E-state index contributed by atoms with van der Waals surface area (Å²) in [5.41, 5.74) is 0. The molecular formula is C8H18BrNaO8. The molecule has 0 saturated carbocycles. The van der Waals surface area contributed by atoms with Gasteiger partial charge in [0.25, 0.3) is 23.9 Å². The molecule has 10 heteroatoms. The van der Waals surface area contributed by atoms with Crippen molar-refractivity contribution in [3.05, 3.63) is 0 Å². The molecule has 0 aliphatic rings. The first-order valence-corrected chi connectivity index (χ1v) is 3.71. The van der Waals surface area contributed by atoms with E-state index in [2.05, 4.69) is 0 Å². The van der Waals surface area contributed by atoms with Crippen LogP contribution in [0.4, 0.5) is 0 Å². The molecule has 106 valence electrons. The van der Waals surface area contributed by atoms with E-state index in [1.807, 2.05) is 0 Å². The number of hydrogen-bond acceptors (Lipinski definition) is 4. The SMILES string of the molecule is Br.CC(=O)O.CC(=O)O.CC(=O)O.CC(=O)O.[NaH]. The van der Waals surface area contributed by atoms with E-state index in [1.165, 1.54) is 0 Å². The van der Waals surface area contributed by atoms with Gasteiger partial charge in [0, 0.05) is 27.7 Å². The van der Waals surface area contributed by atoms with Gasteiger partial charge in [0.2, 0.25) is 0 Å². The average Bonchev–Trinajstić information content (AvgIpc) is 1.76. The molecule has 0 unspecified atom stereocenters. The van der Waals surface area contributed by atoms with Gasteiger partial charge in [-0.1, -0.05) is 0 Å². The molecule has 8 nitrogen and oxygen atoms in total. The molecule has 0 aromatic rings. The Morgan fingerprint density at radius 3 is 0.556 bits per heavy atom. The van der Waals surface area contributed by atoms with Gasteiger partial charge in [0.05, 0.1) is 0 Å². The molecule has 0 aliphatic carbocycles. The Morgan fingerprint density at radius 1 is 0.556 bits per heavy atom. The molecule has 0 saturated heterocycles. The molecule has 0 rings (SSSR count). The van der Waals surface area contributed by atoms with E-state index in [0.717, 1.165) is 27.7 Å². The predicted molar refractivity (Wildman–Crippen MR) is 70.7 cm³/mol. The number of rotatable bonds is 0. The Morgan fingerprint density at radius 2 is 0.556 bits per heavy atom. The number of carbonyl (C=O) groups is 4. The number of aliphatic carboxylic acids is 4. The van der Waals surface area contributed by atoms with E-state index in [4.69, 9.17) is 39.6 Å². The summed E-state index contributed by atoms with van der Waals surface area (Å²) in [7, 11) is 0. The first kappa shape index (κ1) is 36.0. The maximum atomic E-state index is 9.00. The summed E-state index contributed by atoms with van der Waals surface area (Å²) in [6.07, 6.45) is 0. The number of hydrogen-bond donors (Lipinski definition) is 4. The van der Waals surface area contributed by atoms with Crippen LogP contribution >= 0.6 is 17.0 Å². The zero-order valence-electron chi connectivity index (χ0n) is 9.83. The summed E-state index contributed by atoms with van der Waals surface area (Å²) in [6, 6.07) is 0. The summed E-state index contributed by atoms with van der Waals surface area (Å²) in [5.74, 6) is -3.33. The van der Waals surface area contributed by atoms with Crippen molar-refractivity contribution in [2.24, 2.45) is 0 Å². The van der Waals surface area contributed by atoms with Crippen molar-refractivity contribution >= 4 is 70.4 Å². The summed E-state index contributed by atoms with van der Waals surface area (Å²) in [6.45, 7) is 4.33. The maximum absolute atomic E-state index is 9.00. The fraction of sp³-hybridized carbons (Fsp3) is 0.500.